The van der Waals surface area contributed by atoms with E-state index >= 15 is 0 Å². The topological polar surface area (TPSA) is 30.7 Å². The van der Waals surface area contributed by atoms with Crippen molar-refractivity contribution in [1.82, 2.24) is 14.8 Å². The molecule has 0 unspecified atom stereocenters. The van der Waals surface area contributed by atoms with Gasteiger partial charge >= 0.3 is 0 Å². The minimum Gasteiger partial charge on any atom is -0.268 e. The predicted octanol–water partition coefficient (Wildman–Crippen LogP) is 4.32. The molecular formula is C11H8Br2ClN3. The summed E-state index contributed by atoms with van der Waals surface area (Å²) in [5.41, 5.74) is 0.977. The second-order valence-electron chi connectivity index (χ2n) is 4.03. The monoisotopic (exact) mass is 375 g/mol. The van der Waals surface area contributed by atoms with Crippen molar-refractivity contribution in [3.8, 4) is 5.69 Å². The molecule has 0 atom stereocenters. The van der Waals surface area contributed by atoms with Crippen LogP contribution < -0.4 is 0 Å². The number of benzene rings is 1. The Morgan fingerprint density at radius 2 is 2.00 bits per heavy atom. The largest absolute Gasteiger partial charge is 0.268 e. The number of aromatic nitrogens is 3. The van der Waals surface area contributed by atoms with Crippen molar-refractivity contribution in [3.05, 3.63) is 38.3 Å². The lowest BCUT2D eigenvalue weighted by atomic mass is 10.3. The lowest BCUT2D eigenvalue weighted by Gasteiger charge is -2.09. The fourth-order valence-corrected chi connectivity index (χ4v) is 3.21. The Balaban J connectivity index is 2.16. The average molecular weight is 377 g/mol. The van der Waals surface area contributed by atoms with Crippen LogP contribution in [0, 0.1) is 0 Å². The van der Waals surface area contributed by atoms with E-state index in [2.05, 4.69) is 42.1 Å². The molecule has 0 N–H and O–H groups in total. The van der Waals surface area contributed by atoms with E-state index in [1.54, 1.807) is 0 Å². The summed E-state index contributed by atoms with van der Waals surface area (Å²) in [7, 11) is 0. The molecule has 0 saturated heterocycles. The van der Waals surface area contributed by atoms with Gasteiger partial charge in [-0.2, -0.15) is 0 Å². The molecule has 3 rings (SSSR count). The summed E-state index contributed by atoms with van der Waals surface area (Å²) in [6.45, 7) is 0. The molecule has 88 valence electrons. The van der Waals surface area contributed by atoms with Crippen LogP contribution in [0.3, 0.4) is 0 Å². The lowest BCUT2D eigenvalue weighted by Crippen LogP contribution is -2.01. The first kappa shape index (κ1) is 11.7. The van der Waals surface area contributed by atoms with E-state index in [0.717, 1.165) is 20.5 Å². The first-order chi connectivity index (χ1) is 8.16. The van der Waals surface area contributed by atoms with Gasteiger partial charge in [-0.15, -0.1) is 10.2 Å². The maximum absolute atomic E-state index is 6.12. The standard InChI is InChI=1S/C11H8Br2ClN3/c12-7-3-4-9(8(13)5-7)17-10(6-1-2-6)15-16-11(17)14/h3-6H,1-2H2. The third kappa shape index (κ3) is 2.16. The molecule has 1 aliphatic carbocycles. The minimum absolute atomic E-state index is 0.412. The number of rotatable bonds is 2. The molecule has 1 saturated carbocycles. The molecule has 1 aromatic heterocycles. The van der Waals surface area contributed by atoms with Gasteiger partial charge in [-0.25, -0.2) is 0 Å². The number of hydrogen-bond acceptors (Lipinski definition) is 2. The van der Waals surface area contributed by atoms with Crippen molar-refractivity contribution in [2.24, 2.45) is 0 Å². The Morgan fingerprint density at radius 1 is 1.24 bits per heavy atom. The molecule has 0 aliphatic heterocycles. The number of nitrogens with zero attached hydrogens (tertiary/aromatic N) is 3. The van der Waals surface area contributed by atoms with Gasteiger partial charge in [-0.05, 0) is 58.6 Å². The van der Waals surface area contributed by atoms with E-state index in [1.165, 1.54) is 12.8 Å². The second-order valence-corrected chi connectivity index (χ2v) is 6.14. The maximum Gasteiger partial charge on any atom is 0.229 e. The van der Waals surface area contributed by atoms with Crippen LogP contribution in [0.2, 0.25) is 5.28 Å². The summed E-state index contributed by atoms with van der Waals surface area (Å²) in [6.07, 6.45) is 2.34. The highest BCUT2D eigenvalue weighted by atomic mass is 79.9. The molecule has 0 spiro atoms. The van der Waals surface area contributed by atoms with Crippen molar-refractivity contribution < 1.29 is 0 Å². The van der Waals surface area contributed by atoms with Gasteiger partial charge in [0.2, 0.25) is 5.28 Å². The zero-order valence-corrected chi connectivity index (χ0v) is 12.6. The van der Waals surface area contributed by atoms with Crippen LogP contribution in [-0.4, -0.2) is 14.8 Å². The third-order valence-corrected chi connectivity index (χ3v) is 4.11. The molecule has 1 heterocycles. The molecule has 0 amide bonds. The molecule has 0 radical (unpaired) electrons. The molecule has 1 fully saturated rings. The van der Waals surface area contributed by atoms with Crippen LogP contribution in [0.4, 0.5) is 0 Å². The van der Waals surface area contributed by atoms with Crippen LogP contribution in [-0.2, 0) is 0 Å². The van der Waals surface area contributed by atoms with Crippen LogP contribution in [0.1, 0.15) is 24.6 Å². The molecule has 6 heteroatoms. The first-order valence-corrected chi connectivity index (χ1v) is 7.19. The minimum atomic E-state index is 0.412. The SMILES string of the molecule is Clc1nnc(C2CC2)n1-c1ccc(Br)cc1Br. The summed E-state index contributed by atoms with van der Waals surface area (Å²) in [6, 6.07) is 5.96. The van der Waals surface area contributed by atoms with E-state index in [0.29, 0.717) is 11.2 Å². The zero-order valence-electron chi connectivity index (χ0n) is 8.70. The van der Waals surface area contributed by atoms with Gasteiger partial charge in [-0.1, -0.05) is 15.9 Å². The number of halogens is 3. The maximum atomic E-state index is 6.12. The van der Waals surface area contributed by atoms with E-state index in [-0.39, 0.29) is 0 Å². The summed E-state index contributed by atoms with van der Waals surface area (Å²) in [5.74, 6) is 1.46. The van der Waals surface area contributed by atoms with Crippen molar-refractivity contribution >= 4 is 43.5 Å². The Kier molecular flexibility index (Phi) is 3.00. The zero-order chi connectivity index (χ0) is 12.0. The normalized spacial score (nSPS) is 15.2. The quantitative estimate of drug-likeness (QED) is 0.780. The van der Waals surface area contributed by atoms with E-state index < -0.39 is 0 Å². The van der Waals surface area contributed by atoms with Gasteiger partial charge in [0.25, 0.3) is 0 Å². The van der Waals surface area contributed by atoms with Crippen molar-refractivity contribution in [1.29, 1.82) is 0 Å². The fourth-order valence-electron chi connectivity index (χ4n) is 1.77. The molecule has 17 heavy (non-hydrogen) atoms. The Bertz CT molecular complexity index is 578. The Morgan fingerprint density at radius 3 is 2.65 bits per heavy atom. The molecule has 2 aromatic rings. The second kappa shape index (κ2) is 4.37. The van der Waals surface area contributed by atoms with Crippen molar-refractivity contribution in [2.75, 3.05) is 0 Å². The molecule has 0 bridgehead atoms. The van der Waals surface area contributed by atoms with Gasteiger partial charge in [-0.3, -0.25) is 4.57 Å². The predicted molar refractivity (Wildman–Crippen MR) is 73.7 cm³/mol. The fraction of sp³-hybridized carbons (Fsp3) is 0.273. The third-order valence-electron chi connectivity index (χ3n) is 2.74. The van der Waals surface area contributed by atoms with Gasteiger partial charge in [0.05, 0.1) is 5.69 Å². The van der Waals surface area contributed by atoms with Gasteiger partial charge in [0, 0.05) is 14.9 Å². The van der Waals surface area contributed by atoms with E-state index in [9.17, 15) is 0 Å². The average Bonchev–Trinajstić information content (AvgIpc) is 3.04. The van der Waals surface area contributed by atoms with Crippen molar-refractivity contribution in [2.45, 2.75) is 18.8 Å². The van der Waals surface area contributed by atoms with Crippen LogP contribution in [0.25, 0.3) is 5.69 Å². The summed E-state index contributed by atoms with van der Waals surface area (Å²) < 4.78 is 3.90. The summed E-state index contributed by atoms with van der Waals surface area (Å²) >= 11 is 13.1. The van der Waals surface area contributed by atoms with E-state index in [1.807, 2.05) is 22.8 Å². The van der Waals surface area contributed by atoms with Crippen LogP contribution in [0.15, 0.2) is 27.1 Å². The molecule has 1 aliphatic rings. The van der Waals surface area contributed by atoms with Gasteiger partial charge in [0.15, 0.2) is 0 Å². The van der Waals surface area contributed by atoms with Crippen LogP contribution >= 0.6 is 43.5 Å². The molecule has 1 aromatic carbocycles. The highest BCUT2D eigenvalue weighted by Gasteiger charge is 2.31. The highest BCUT2D eigenvalue weighted by Crippen LogP contribution is 2.41. The number of hydrogen-bond donors (Lipinski definition) is 0. The highest BCUT2D eigenvalue weighted by molar-refractivity contribution is 9.11. The lowest BCUT2D eigenvalue weighted by molar-refractivity contribution is 0.869. The smallest absolute Gasteiger partial charge is 0.229 e. The first-order valence-electron chi connectivity index (χ1n) is 5.23. The molecule has 3 nitrogen and oxygen atoms in total. The Labute approximate surface area is 120 Å². The van der Waals surface area contributed by atoms with Gasteiger partial charge < -0.3 is 0 Å². The summed E-state index contributed by atoms with van der Waals surface area (Å²) in [4.78, 5) is 0. The van der Waals surface area contributed by atoms with E-state index in [4.69, 9.17) is 11.6 Å². The van der Waals surface area contributed by atoms with Gasteiger partial charge in [0.1, 0.15) is 5.82 Å². The van der Waals surface area contributed by atoms with Crippen molar-refractivity contribution in [3.63, 3.8) is 0 Å². The van der Waals surface area contributed by atoms with Crippen LogP contribution in [0.5, 0.6) is 0 Å². The molecular weight excluding hydrogens is 369 g/mol. The summed E-state index contributed by atoms with van der Waals surface area (Å²) in [5, 5.41) is 8.54. The Hall–Kier alpha value is -0.390.